The minimum absolute atomic E-state index is 0.0501. The van der Waals surface area contributed by atoms with E-state index in [1.165, 1.54) is 10.9 Å². The van der Waals surface area contributed by atoms with Crippen LogP contribution < -0.4 is 5.49 Å². The Balaban J connectivity index is 2.10. The number of aromatic nitrogens is 4. The van der Waals surface area contributed by atoms with Gasteiger partial charge >= 0.3 is 0 Å². The van der Waals surface area contributed by atoms with Gasteiger partial charge in [0.1, 0.15) is 0 Å². The molecule has 2 aromatic heterocycles. The number of halogens is 2. The summed E-state index contributed by atoms with van der Waals surface area (Å²) in [5.74, 6) is -2.83. The van der Waals surface area contributed by atoms with Crippen LogP contribution in [0.5, 0.6) is 0 Å². The molecule has 0 unspecified atom stereocenters. The molecule has 0 atom stereocenters. The second-order valence-corrected chi connectivity index (χ2v) is 8.42. The Labute approximate surface area is 148 Å². The van der Waals surface area contributed by atoms with Gasteiger partial charge < -0.3 is 5.21 Å². The van der Waals surface area contributed by atoms with Crippen LogP contribution in [-0.2, 0) is 9.84 Å². The fourth-order valence-electron chi connectivity index (χ4n) is 2.80. The molecule has 1 aliphatic rings. The van der Waals surface area contributed by atoms with Gasteiger partial charge in [-0.1, -0.05) is 0 Å². The molecule has 2 heterocycles. The van der Waals surface area contributed by atoms with Gasteiger partial charge in [0.2, 0.25) is 5.92 Å². The first-order valence-electron chi connectivity index (χ1n) is 8.03. The van der Waals surface area contributed by atoms with Crippen molar-refractivity contribution in [3.05, 3.63) is 29.5 Å². The molecule has 0 radical (unpaired) electrons. The van der Waals surface area contributed by atoms with Crippen LogP contribution in [0.3, 0.4) is 0 Å². The fourth-order valence-corrected chi connectivity index (χ4v) is 3.51. The molecule has 1 fully saturated rings. The summed E-state index contributed by atoms with van der Waals surface area (Å²) in [4.78, 5) is 8.47. The summed E-state index contributed by atoms with van der Waals surface area (Å²) in [5, 5.41) is 14.0. The number of hydrogen-bond acceptors (Lipinski definition) is 6. The smallest absolute Gasteiger partial charge is 0.267 e. The molecular weight excluding hydrogens is 368 g/mol. The Hall–Kier alpha value is -2.30. The summed E-state index contributed by atoms with van der Waals surface area (Å²) in [5.41, 5.74) is 0.693. The Morgan fingerprint density at radius 1 is 1.35 bits per heavy atom. The van der Waals surface area contributed by atoms with Crippen molar-refractivity contribution in [2.45, 2.75) is 49.6 Å². The first kappa shape index (κ1) is 18.5. The second kappa shape index (κ2) is 6.45. The van der Waals surface area contributed by atoms with Crippen molar-refractivity contribution < 1.29 is 22.4 Å². The van der Waals surface area contributed by atoms with Crippen LogP contribution in [0.25, 0.3) is 5.95 Å². The van der Waals surface area contributed by atoms with Gasteiger partial charge in [-0.2, -0.15) is 10.1 Å². The van der Waals surface area contributed by atoms with E-state index in [-0.39, 0.29) is 43.2 Å². The molecular formula is C15H19F2N5O3S. The predicted octanol–water partition coefficient (Wildman–Crippen LogP) is 1.50. The Morgan fingerprint density at radius 2 is 2.00 bits per heavy atom. The maximum atomic E-state index is 13.3. The summed E-state index contributed by atoms with van der Waals surface area (Å²) in [6.07, 6.45) is 2.30. The normalized spacial score (nSPS) is 19.0. The number of nitrogens with zero attached hydrogens (tertiary/aromatic N) is 5. The van der Waals surface area contributed by atoms with E-state index < -0.39 is 20.8 Å². The second-order valence-electron chi connectivity index (χ2n) is 6.45. The van der Waals surface area contributed by atoms with Crippen molar-refractivity contribution in [2.75, 3.05) is 6.26 Å². The number of rotatable bonds is 3. The molecule has 142 valence electrons. The Bertz CT molecular complexity index is 987. The summed E-state index contributed by atoms with van der Waals surface area (Å²) in [7, 11) is -3.79. The van der Waals surface area contributed by atoms with E-state index in [0.717, 1.165) is 12.3 Å². The molecule has 0 amide bonds. The molecule has 1 aliphatic carbocycles. The monoisotopic (exact) mass is 387 g/mol. The van der Waals surface area contributed by atoms with E-state index in [0.29, 0.717) is 10.4 Å². The minimum Gasteiger partial charge on any atom is -0.424 e. The zero-order chi connectivity index (χ0) is 19.1. The van der Waals surface area contributed by atoms with Gasteiger partial charge in [-0.05, 0) is 25.8 Å². The quantitative estimate of drug-likeness (QED) is 0.635. The molecule has 1 N–H and O–H groups in total. The highest BCUT2D eigenvalue weighted by Crippen LogP contribution is 2.34. The molecule has 0 aliphatic heterocycles. The number of sulfone groups is 1. The van der Waals surface area contributed by atoms with E-state index in [2.05, 4.69) is 15.1 Å². The maximum absolute atomic E-state index is 13.3. The standard InChI is InChI=1S/C15H19F2N5O3S/c1-10-5-8-21(20-10)14-19-12(9-13(22(14)23)26(2,24)25)18-11-3-6-15(16,17)7-4-11/h5,8-9,11,23H,3-4,6-7H2,1-2H3. The van der Waals surface area contributed by atoms with Crippen molar-refractivity contribution in [1.29, 1.82) is 0 Å². The van der Waals surface area contributed by atoms with Crippen LogP contribution in [0.2, 0.25) is 0 Å². The van der Waals surface area contributed by atoms with E-state index in [1.54, 1.807) is 13.0 Å². The van der Waals surface area contributed by atoms with Gasteiger partial charge in [0.05, 0.1) is 11.7 Å². The van der Waals surface area contributed by atoms with Gasteiger partial charge in [-0.25, -0.2) is 21.9 Å². The summed E-state index contributed by atoms with van der Waals surface area (Å²) >= 11 is 0. The lowest BCUT2D eigenvalue weighted by Gasteiger charge is -2.25. The highest BCUT2D eigenvalue weighted by Gasteiger charge is 2.34. The zero-order valence-electron chi connectivity index (χ0n) is 14.3. The van der Waals surface area contributed by atoms with Gasteiger partial charge in [-0.15, -0.1) is 4.73 Å². The molecule has 26 heavy (non-hydrogen) atoms. The molecule has 8 nitrogen and oxygen atoms in total. The average Bonchev–Trinajstić information content (AvgIpc) is 2.96. The highest BCUT2D eigenvalue weighted by molar-refractivity contribution is 7.90. The molecule has 0 saturated heterocycles. The van der Waals surface area contributed by atoms with Gasteiger partial charge in [0.15, 0.2) is 20.4 Å². The van der Waals surface area contributed by atoms with Crippen LogP contribution in [0.15, 0.2) is 28.3 Å². The average molecular weight is 387 g/mol. The van der Waals surface area contributed by atoms with Crippen molar-refractivity contribution >= 4 is 9.84 Å². The van der Waals surface area contributed by atoms with Crippen molar-refractivity contribution in [3.8, 4) is 5.95 Å². The van der Waals surface area contributed by atoms with Crippen LogP contribution in [0.4, 0.5) is 8.78 Å². The van der Waals surface area contributed by atoms with Crippen LogP contribution in [0, 0.1) is 6.92 Å². The molecule has 0 spiro atoms. The topological polar surface area (TPSA) is 102 Å². The lowest BCUT2D eigenvalue weighted by Crippen LogP contribution is -2.29. The summed E-state index contributed by atoms with van der Waals surface area (Å²) in [6, 6.07) is 2.41. The minimum atomic E-state index is -3.79. The lowest BCUT2D eigenvalue weighted by molar-refractivity contribution is -0.0376. The number of alkyl halides is 2. The van der Waals surface area contributed by atoms with E-state index >= 15 is 0 Å². The van der Waals surface area contributed by atoms with Crippen LogP contribution in [-0.4, -0.2) is 51.3 Å². The number of hydrogen-bond donors (Lipinski definition) is 1. The molecule has 1 saturated carbocycles. The molecule has 3 rings (SSSR count). The van der Waals surface area contributed by atoms with E-state index in [1.807, 2.05) is 0 Å². The van der Waals surface area contributed by atoms with Gasteiger partial charge in [0, 0.05) is 31.4 Å². The van der Waals surface area contributed by atoms with Crippen molar-refractivity contribution in [3.63, 3.8) is 0 Å². The molecule has 2 aromatic rings. The number of aryl methyl sites for hydroxylation is 1. The zero-order valence-corrected chi connectivity index (χ0v) is 15.1. The van der Waals surface area contributed by atoms with Crippen LogP contribution >= 0.6 is 0 Å². The Morgan fingerprint density at radius 3 is 2.54 bits per heavy atom. The maximum Gasteiger partial charge on any atom is 0.267 e. The molecule has 11 heteroatoms. The van der Waals surface area contributed by atoms with Crippen molar-refractivity contribution in [2.24, 2.45) is 4.99 Å². The summed E-state index contributed by atoms with van der Waals surface area (Å²) in [6.45, 7) is 1.73. The third-order valence-corrected chi connectivity index (χ3v) is 5.22. The van der Waals surface area contributed by atoms with Crippen LogP contribution in [0.1, 0.15) is 31.4 Å². The van der Waals surface area contributed by atoms with E-state index in [4.69, 9.17) is 0 Å². The Kier molecular flexibility index (Phi) is 4.59. The van der Waals surface area contributed by atoms with Gasteiger partial charge in [0.25, 0.3) is 5.95 Å². The largest absolute Gasteiger partial charge is 0.424 e. The third-order valence-electron chi connectivity index (χ3n) is 4.17. The molecule has 0 aromatic carbocycles. The molecule has 0 bridgehead atoms. The van der Waals surface area contributed by atoms with Gasteiger partial charge in [-0.3, -0.25) is 4.99 Å². The van der Waals surface area contributed by atoms with E-state index in [9.17, 15) is 22.4 Å². The lowest BCUT2D eigenvalue weighted by atomic mass is 9.93. The SMILES string of the molecule is Cc1ccn(-c2nc(=NC3CCC(F)(F)CC3)cc(S(C)(=O)=O)n2O)n1. The first-order chi connectivity index (χ1) is 12.0. The fraction of sp³-hybridized carbons (Fsp3) is 0.533. The van der Waals surface area contributed by atoms with Crippen molar-refractivity contribution in [1.82, 2.24) is 19.5 Å². The summed E-state index contributed by atoms with van der Waals surface area (Å²) < 4.78 is 52.2. The highest BCUT2D eigenvalue weighted by atomic mass is 32.2. The predicted molar refractivity (Wildman–Crippen MR) is 87.1 cm³/mol. The third kappa shape index (κ3) is 3.92. The first-order valence-corrected chi connectivity index (χ1v) is 9.92.